The van der Waals surface area contributed by atoms with Crippen molar-refractivity contribution in [2.45, 2.75) is 38.1 Å². The number of hydrogen-bond acceptors (Lipinski definition) is 6. The molecule has 1 aliphatic rings. The first-order valence-electron chi connectivity index (χ1n) is 12.1. The summed E-state index contributed by atoms with van der Waals surface area (Å²) in [6.07, 6.45) is 2.48. The van der Waals surface area contributed by atoms with Gasteiger partial charge in [-0.3, -0.25) is 14.7 Å². The van der Waals surface area contributed by atoms with Gasteiger partial charge >= 0.3 is 0 Å². The molecule has 192 valence electrons. The van der Waals surface area contributed by atoms with Gasteiger partial charge in [-0.2, -0.15) is 4.31 Å². The lowest BCUT2D eigenvalue weighted by Gasteiger charge is -2.33. The largest absolute Gasteiger partial charge is 0.282 e. The number of piperidine rings is 1. The van der Waals surface area contributed by atoms with Crippen LogP contribution in [0.2, 0.25) is 0 Å². The van der Waals surface area contributed by atoms with Gasteiger partial charge in [0.15, 0.2) is 5.13 Å². The molecule has 0 atom stereocenters. The SMILES string of the molecule is Cc1cc(C)c2sc(N(Cc3ccccn3)C(=O)C3CCN(S(=O)(=O)c4ccc(F)cc4)CC3)nc2c1. The zero-order valence-electron chi connectivity index (χ0n) is 20.6. The molecular weight excluding hydrogens is 511 g/mol. The van der Waals surface area contributed by atoms with Crippen LogP contribution in [0.25, 0.3) is 10.2 Å². The fraction of sp³-hybridized carbons (Fsp3) is 0.296. The molecule has 3 heterocycles. The normalized spacial score (nSPS) is 15.2. The van der Waals surface area contributed by atoms with Gasteiger partial charge in [-0.25, -0.2) is 17.8 Å². The molecule has 37 heavy (non-hydrogen) atoms. The maximum atomic E-state index is 13.9. The Hall–Kier alpha value is -3.21. The molecular formula is C27H27FN4O3S2. The van der Waals surface area contributed by atoms with Crippen LogP contribution in [0.3, 0.4) is 0 Å². The van der Waals surface area contributed by atoms with E-state index < -0.39 is 15.8 Å². The number of carbonyl (C=O) groups excluding carboxylic acids is 1. The molecule has 1 amide bonds. The Morgan fingerprint density at radius 3 is 2.51 bits per heavy atom. The van der Waals surface area contributed by atoms with E-state index in [-0.39, 0.29) is 36.4 Å². The second-order valence-electron chi connectivity index (χ2n) is 9.30. The zero-order valence-corrected chi connectivity index (χ0v) is 22.2. The molecule has 0 N–H and O–H groups in total. The number of pyridine rings is 1. The number of halogens is 1. The third-order valence-electron chi connectivity index (χ3n) is 6.61. The minimum Gasteiger partial charge on any atom is -0.282 e. The molecule has 2 aromatic heterocycles. The monoisotopic (exact) mass is 538 g/mol. The number of hydrogen-bond donors (Lipinski definition) is 0. The minimum absolute atomic E-state index is 0.0515. The van der Waals surface area contributed by atoms with Crippen molar-refractivity contribution in [1.29, 1.82) is 0 Å². The van der Waals surface area contributed by atoms with Crippen molar-refractivity contribution in [2.75, 3.05) is 18.0 Å². The predicted molar refractivity (Wildman–Crippen MR) is 142 cm³/mol. The van der Waals surface area contributed by atoms with Gasteiger partial charge in [0.1, 0.15) is 5.82 Å². The summed E-state index contributed by atoms with van der Waals surface area (Å²) in [6, 6.07) is 14.5. The average Bonchev–Trinajstić information content (AvgIpc) is 3.32. The van der Waals surface area contributed by atoms with Crippen molar-refractivity contribution in [1.82, 2.24) is 14.3 Å². The van der Waals surface area contributed by atoms with Crippen molar-refractivity contribution in [3.05, 3.63) is 83.4 Å². The third-order valence-corrected chi connectivity index (χ3v) is 9.75. The number of sulfonamides is 1. The number of nitrogens with zero attached hydrogens (tertiary/aromatic N) is 4. The van der Waals surface area contributed by atoms with Crippen LogP contribution < -0.4 is 4.90 Å². The van der Waals surface area contributed by atoms with E-state index in [0.29, 0.717) is 18.0 Å². The molecule has 0 spiro atoms. The summed E-state index contributed by atoms with van der Waals surface area (Å²) < 4.78 is 41.7. The standard InChI is InChI=1S/C27H27FN4O3S2/c1-18-15-19(2)25-24(16-18)30-27(36-25)32(17-22-5-3-4-12-29-22)26(33)20-10-13-31(14-11-20)37(34,35)23-8-6-21(28)7-9-23/h3-9,12,15-16,20H,10-11,13-14,17H2,1-2H3. The van der Waals surface area contributed by atoms with Crippen LogP contribution in [-0.4, -0.2) is 41.7 Å². The van der Waals surface area contributed by atoms with Crippen LogP contribution in [0.4, 0.5) is 9.52 Å². The Balaban J connectivity index is 1.39. The van der Waals surface area contributed by atoms with E-state index in [9.17, 15) is 17.6 Å². The Morgan fingerprint density at radius 2 is 1.84 bits per heavy atom. The number of amides is 1. The molecule has 2 aromatic carbocycles. The number of carbonyl (C=O) groups is 1. The van der Waals surface area contributed by atoms with Crippen molar-refractivity contribution in [2.24, 2.45) is 5.92 Å². The highest BCUT2D eigenvalue weighted by Crippen LogP contribution is 2.35. The van der Waals surface area contributed by atoms with Crippen LogP contribution in [0, 0.1) is 25.6 Å². The van der Waals surface area contributed by atoms with E-state index in [2.05, 4.69) is 11.1 Å². The van der Waals surface area contributed by atoms with Gasteiger partial charge in [0.25, 0.3) is 0 Å². The minimum atomic E-state index is -3.75. The third kappa shape index (κ3) is 5.27. The number of fused-ring (bicyclic) bond motifs is 1. The number of aryl methyl sites for hydroxylation is 2. The summed E-state index contributed by atoms with van der Waals surface area (Å²) in [5.41, 5.74) is 3.83. The second-order valence-corrected chi connectivity index (χ2v) is 12.2. The number of thiazole rings is 1. The molecule has 10 heteroatoms. The van der Waals surface area contributed by atoms with E-state index in [1.165, 1.54) is 27.8 Å². The highest BCUT2D eigenvalue weighted by molar-refractivity contribution is 7.89. The highest BCUT2D eigenvalue weighted by Gasteiger charge is 2.35. The maximum absolute atomic E-state index is 13.9. The molecule has 1 fully saturated rings. The fourth-order valence-corrected chi connectivity index (χ4v) is 7.18. The first-order chi connectivity index (χ1) is 17.7. The van der Waals surface area contributed by atoms with Crippen molar-refractivity contribution >= 4 is 42.6 Å². The second kappa shape index (κ2) is 10.3. The maximum Gasteiger partial charge on any atom is 0.243 e. The van der Waals surface area contributed by atoms with Crippen LogP contribution in [0.15, 0.2) is 65.7 Å². The Bertz CT molecular complexity index is 1530. The number of rotatable bonds is 6. The summed E-state index contributed by atoms with van der Waals surface area (Å²) >= 11 is 1.48. The molecule has 1 saturated heterocycles. The van der Waals surface area contributed by atoms with E-state index in [0.717, 1.165) is 39.2 Å². The first-order valence-corrected chi connectivity index (χ1v) is 14.3. The molecule has 0 unspecified atom stereocenters. The van der Waals surface area contributed by atoms with Gasteiger partial charge in [-0.15, -0.1) is 0 Å². The Kier molecular flexibility index (Phi) is 7.06. The molecule has 0 radical (unpaired) electrons. The number of anilines is 1. The van der Waals surface area contributed by atoms with Crippen LogP contribution in [-0.2, 0) is 21.4 Å². The Morgan fingerprint density at radius 1 is 1.11 bits per heavy atom. The van der Waals surface area contributed by atoms with Gasteiger partial charge in [0.2, 0.25) is 15.9 Å². The summed E-state index contributed by atoms with van der Waals surface area (Å²) in [7, 11) is -3.75. The highest BCUT2D eigenvalue weighted by atomic mass is 32.2. The van der Waals surface area contributed by atoms with Crippen LogP contribution >= 0.6 is 11.3 Å². The quantitative estimate of drug-likeness (QED) is 0.342. The smallest absolute Gasteiger partial charge is 0.243 e. The topological polar surface area (TPSA) is 83.5 Å². The number of benzene rings is 2. The lowest BCUT2D eigenvalue weighted by molar-refractivity contribution is -0.123. The summed E-state index contributed by atoms with van der Waals surface area (Å²) in [5, 5.41) is 0.612. The molecule has 5 rings (SSSR count). The molecule has 0 aliphatic carbocycles. The van der Waals surface area contributed by atoms with E-state index in [1.807, 2.05) is 38.1 Å². The van der Waals surface area contributed by atoms with Crippen LogP contribution in [0.1, 0.15) is 29.7 Å². The van der Waals surface area contributed by atoms with Crippen molar-refractivity contribution < 1.29 is 17.6 Å². The predicted octanol–water partition coefficient (Wildman–Crippen LogP) is 5.08. The molecule has 0 saturated carbocycles. The summed E-state index contributed by atoms with van der Waals surface area (Å²) in [4.78, 5) is 24.8. The van der Waals surface area contributed by atoms with Crippen molar-refractivity contribution in [3.63, 3.8) is 0 Å². The molecule has 7 nitrogen and oxygen atoms in total. The van der Waals surface area contributed by atoms with Gasteiger partial charge in [0, 0.05) is 25.2 Å². The van der Waals surface area contributed by atoms with Gasteiger partial charge < -0.3 is 0 Å². The van der Waals surface area contributed by atoms with Crippen LogP contribution in [0.5, 0.6) is 0 Å². The average molecular weight is 539 g/mol. The van der Waals surface area contributed by atoms with E-state index in [4.69, 9.17) is 4.98 Å². The summed E-state index contributed by atoms with van der Waals surface area (Å²) in [5.74, 6) is -0.924. The lowest BCUT2D eigenvalue weighted by atomic mass is 9.96. The summed E-state index contributed by atoms with van der Waals surface area (Å²) in [6.45, 7) is 4.78. The van der Waals surface area contributed by atoms with Gasteiger partial charge in [-0.05, 0) is 80.3 Å². The Labute approximate surface area is 219 Å². The fourth-order valence-electron chi connectivity index (χ4n) is 4.69. The number of aromatic nitrogens is 2. The van der Waals surface area contributed by atoms with E-state index >= 15 is 0 Å². The van der Waals surface area contributed by atoms with E-state index in [1.54, 1.807) is 11.1 Å². The molecule has 0 bridgehead atoms. The zero-order chi connectivity index (χ0) is 26.2. The van der Waals surface area contributed by atoms with Gasteiger partial charge in [-0.1, -0.05) is 23.5 Å². The van der Waals surface area contributed by atoms with Gasteiger partial charge in [0.05, 0.1) is 27.4 Å². The lowest BCUT2D eigenvalue weighted by Crippen LogP contribution is -2.44. The molecule has 1 aliphatic heterocycles. The molecule has 4 aromatic rings. The first kappa shape index (κ1) is 25.4. The van der Waals surface area contributed by atoms with Crippen molar-refractivity contribution in [3.8, 4) is 0 Å².